The maximum absolute atomic E-state index is 11.6. The van der Waals surface area contributed by atoms with Crippen molar-refractivity contribution >= 4 is 17.4 Å². The molecule has 0 radical (unpaired) electrons. The predicted molar refractivity (Wildman–Crippen MR) is 66.1 cm³/mol. The van der Waals surface area contributed by atoms with Gasteiger partial charge < -0.3 is 14.4 Å². The molecule has 1 aliphatic rings. The van der Waals surface area contributed by atoms with Gasteiger partial charge in [-0.2, -0.15) is 0 Å². The summed E-state index contributed by atoms with van der Waals surface area (Å²) in [6, 6.07) is 5.19. The molecule has 5 heteroatoms. The van der Waals surface area contributed by atoms with Crippen LogP contribution in [0.3, 0.4) is 0 Å². The lowest BCUT2D eigenvalue weighted by Crippen LogP contribution is -2.31. The minimum Gasteiger partial charge on any atom is -0.490 e. The minimum atomic E-state index is -0.551. The van der Waals surface area contributed by atoms with Crippen LogP contribution in [-0.2, 0) is 9.59 Å². The van der Waals surface area contributed by atoms with Gasteiger partial charge in [-0.25, -0.2) is 0 Å². The number of nitrogens with zero attached hydrogens (tertiary/aromatic N) is 1. The molecular formula is C13H15NO4. The summed E-state index contributed by atoms with van der Waals surface area (Å²) in [5.74, 6) is 0.224. The van der Waals surface area contributed by atoms with Crippen LogP contribution < -0.4 is 14.4 Å². The van der Waals surface area contributed by atoms with Gasteiger partial charge in [0.05, 0.1) is 13.2 Å². The zero-order chi connectivity index (χ0) is 13.1. The third-order valence-electron chi connectivity index (χ3n) is 2.72. The quantitative estimate of drug-likeness (QED) is 0.743. The maximum Gasteiger partial charge on any atom is 0.293 e. The fourth-order valence-corrected chi connectivity index (χ4v) is 1.71. The van der Waals surface area contributed by atoms with Gasteiger partial charge in [0.15, 0.2) is 11.5 Å². The molecule has 0 spiro atoms. The largest absolute Gasteiger partial charge is 0.490 e. The Labute approximate surface area is 105 Å². The van der Waals surface area contributed by atoms with Crippen molar-refractivity contribution in [3.63, 3.8) is 0 Å². The summed E-state index contributed by atoms with van der Waals surface area (Å²) in [7, 11) is 1.56. The number of carbonyl (C=O) groups is 2. The van der Waals surface area contributed by atoms with E-state index in [1.165, 1.54) is 11.8 Å². The number of fused-ring (bicyclic) bond motifs is 1. The van der Waals surface area contributed by atoms with Crippen molar-refractivity contribution in [2.45, 2.75) is 13.3 Å². The Bertz CT molecular complexity index is 484. The molecule has 96 valence electrons. The lowest BCUT2D eigenvalue weighted by molar-refractivity contribution is -0.134. The highest BCUT2D eigenvalue weighted by Crippen LogP contribution is 2.33. The highest BCUT2D eigenvalue weighted by molar-refractivity contribution is 6.40. The van der Waals surface area contributed by atoms with E-state index in [0.717, 1.165) is 6.42 Å². The first-order valence-electron chi connectivity index (χ1n) is 5.78. The van der Waals surface area contributed by atoms with Gasteiger partial charge >= 0.3 is 0 Å². The van der Waals surface area contributed by atoms with Crippen molar-refractivity contribution in [3.8, 4) is 11.5 Å². The molecule has 0 aromatic heterocycles. The second kappa shape index (κ2) is 5.08. The van der Waals surface area contributed by atoms with Gasteiger partial charge in [-0.05, 0) is 12.1 Å². The first-order chi connectivity index (χ1) is 8.59. The number of carbonyl (C=O) groups excluding carboxylic acids is 2. The summed E-state index contributed by atoms with van der Waals surface area (Å²) in [6.45, 7) is 2.46. The SMILES string of the molecule is CC(=O)C(=O)N(C)c1ccc2c(c1)OCCCO2. The lowest BCUT2D eigenvalue weighted by Gasteiger charge is -2.17. The number of Topliss-reactive ketones (excluding diaryl/α,β-unsaturated/α-hetero) is 1. The van der Waals surface area contributed by atoms with Gasteiger partial charge in [0, 0.05) is 32.1 Å². The van der Waals surface area contributed by atoms with Gasteiger partial charge in [0.1, 0.15) is 0 Å². The molecule has 0 N–H and O–H groups in total. The third kappa shape index (κ3) is 2.45. The summed E-state index contributed by atoms with van der Waals surface area (Å²) < 4.78 is 11.0. The molecule has 0 atom stereocenters. The number of anilines is 1. The van der Waals surface area contributed by atoms with Crippen molar-refractivity contribution in [2.75, 3.05) is 25.2 Å². The number of likely N-dealkylation sites (N-methyl/N-ethyl adjacent to an activating group) is 1. The van der Waals surface area contributed by atoms with Crippen LogP contribution >= 0.6 is 0 Å². The smallest absolute Gasteiger partial charge is 0.293 e. The first-order valence-corrected chi connectivity index (χ1v) is 5.78. The number of benzene rings is 1. The highest BCUT2D eigenvalue weighted by atomic mass is 16.5. The molecule has 0 saturated heterocycles. The van der Waals surface area contributed by atoms with E-state index in [0.29, 0.717) is 30.4 Å². The van der Waals surface area contributed by atoms with E-state index in [1.54, 1.807) is 25.2 Å². The predicted octanol–water partition coefficient (Wildman–Crippen LogP) is 1.40. The first kappa shape index (κ1) is 12.4. The molecule has 5 nitrogen and oxygen atoms in total. The van der Waals surface area contributed by atoms with Crippen LogP contribution in [0.25, 0.3) is 0 Å². The van der Waals surface area contributed by atoms with Crippen LogP contribution in [-0.4, -0.2) is 32.0 Å². The van der Waals surface area contributed by atoms with E-state index >= 15 is 0 Å². The summed E-state index contributed by atoms with van der Waals surface area (Å²) in [6.07, 6.45) is 0.826. The van der Waals surface area contributed by atoms with Gasteiger partial charge in [-0.3, -0.25) is 9.59 Å². The van der Waals surface area contributed by atoms with Gasteiger partial charge in [0.2, 0.25) is 5.78 Å². The van der Waals surface area contributed by atoms with Crippen LogP contribution in [0.5, 0.6) is 11.5 Å². The third-order valence-corrected chi connectivity index (χ3v) is 2.72. The molecule has 0 unspecified atom stereocenters. The molecule has 1 amide bonds. The Balaban J connectivity index is 2.27. The summed E-state index contributed by atoms with van der Waals surface area (Å²) >= 11 is 0. The number of rotatable bonds is 2. The van der Waals surface area contributed by atoms with E-state index in [4.69, 9.17) is 9.47 Å². The molecule has 2 rings (SSSR count). The number of amides is 1. The number of hydrogen-bond donors (Lipinski definition) is 0. The molecular weight excluding hydrogens is 234 g/mol. The van der Waals surface area contributed by atoms with Crippen molar-refractivity contribution in [2.24, 2.45) is 0 Å². The summed E-state index contributed by atoms with van der Waals surface area (Å²) in [4.78, 5) is 23.9. The zero-order valence-corrected chi connectivity index (χ0v) is 10.4. The Morgan fingerprint density at radius 1 is 1.17 bits per heavy atom. The molecule has 1 heterocycles. The topological polar surface area (TPSA) is 55.8 Å². The Hall–Kier alpha value is -2.04. The summed E-state index contributed by atoms with van der Waals surface area (Å²) in [5.41, 5.74) is 0.611. The van der Waals surface area contributed by atoms with E-state index in [2.05, 4.69) is 0 Å². The lowest BCUT2D eigenvalue weighted by atomic mass is 10.2. The molecule has 0 bridgehead atoms. The number of ether oxygens (including phenoxy) is 2. The fraction of sp³-hybridized carbons (Fsp3) is 0.385. The maximum atomic E-state index is 11.6. The standard InChI is InChI=1S/C13H15NO4/c1-9(15)13(16)14(2)10-4-5-11-12(8-10)18-7-3-6-17-11/h4-5,8H,3,6-7H2,1-2H3. The molecule has 0 saturated carbocycles. The molecule has 0 aliphatic carbocycles. The van der Waals surface area contributed by atoms with E-state index in [-0.39, 0.29) is 0 Å². The second-order valence-corrected chi connectivity index (χ2v) is 4.10. The zero-order valence-electron chi connectivity index (χ0n) is 10.4. The normalized spacial score (nSPS) is 13.7. The van der Waals surface area contributed by atoms with Crippen molar-refractivity contribution < 1.29 is 19.1 Å². The molecule has 1 aromatic rings. The van der Waals surface area contributed by atoms with Crippen LogP contribution in [0.4, 0.5) is 5.69 Å². The van der Waals surface area contributed by atoms with Crippen LogP contribution in [0.2, 0.25) is 0 Å². The average molecular weight is 249 g/mol. The monoisotopic (exact) mass is 249 g/mol. The fourth-order valence-electron chi connectivity index (χ4n) is 1.71. The number of hydrogen-bond acceptors (Lipinski definition) is 4. The molecule has 1 aliphatic heterocycles. The average Bonchev–Trinajstić information content (AvgIpc) is 2.60. The number of ketones is 1. The van der Waals surface area contributed by atoms with Crippen molar-refractivity contribution in [1.29, 1.82) is 0 Å². The van der Waals surface area contributed by atoms with Crippen molar-refractivity contribution in [1.82, 2.24) is 0 Å². The van der Waals surface area contributed by atoms with Gasteiger partial charge in [0.25, 0.3) is 5.91 Å². The van der Waals surface area contributed by atoms with E-state index in [9.17, 15) is 9.59 Å². The van der Waals surface area contributed by atoms with Gasteiger partial charge in [-0.1, -0.05) is 0 Å². The molecule has 1 aromatic carbocycles. The van der Waals surface area contributed by atoms with Crippen molar-refractivity contribution in [3.05, 3.63) is 18.2 Å². The minimum absolute atomic E-state index is 0.496. The van der Waals surface area contributed by atoms with E-state index < -0.39 is 11.7 Å². The molecule has 0 fully saturated rings. The Morgan fingerprint density at radius 3 is 2.50 bits per heavy atom. The van der Waals surface area contributed by atoms with Crippen LogP contribution in [0.1, 0.15) is 13.3 Å². The van der Waals surface area contributed by atoms with E-state index in [1.807, 2.05) is 0 Å². The van der Waals surface area contributed by atoms with Crippen LogP contribution in [0.15, 0.2) is 18.2 Å². The Morgan fingerprint density at radius 2 is 1.83 bits per heavy atom. The van der Waals surface area contributed by atoms with Gasteiger partial charge in [-0.15, -0.1) is 0 Å². The summed E-state index contributed by atoms with van der Waals surface area (Å²) in [5, 5.41) is 0. The highest BCUT2D eigenvalue weighted by Gasteiger charge is 2.18. The Kier molecular flexibility index (Phi) is 3.50. The van der Waals surface area contributed by atoms with Crippen LogP contribution in [0, 0.1) is 0 Å². The molecule has 18 heavy (non-hydrogen) atoms. The second-order valence-electron chi connectivity index (χ2n) is 4.10.